The van der Waals surface area contributed by atoms with E-state index in [1.807, 2.05) is 18.2 Å². The van der Waals surface area contributed by atoms with Crippen LogP contribution in [-0.2, 0) is 9.78 Å². The van der Waals surface area contributed by atoms with Gasteiger partial charge in [-0.15, -0.1) is 0 Å². The molecule has 2 bridgehead atoms. The summed E-state index contributed by atoms with van der Waals surface area (Å²) in [4.78, 5) is 9.88. The van der Waals surface area contributed by atoms with Gasteiger partial charge in [0.15, 0.2) is 0 Å². The van der Waals surface area contributed by atoms with Crippen LogP contribution in [0.15, 0.2) is 24.3 Å². The molecule has 0 saturated heterocycles. The summed E-state index contributed by atoms with van der Waals surface area (Å²) in [5.74, 6) is 0. The third kappa shape index (κ3) is 0.910. The minimum atomic E-state index is 0.0590. The van der Waals surface area contributed by atoms with Crippen LogP contribution < -0.4 is 0 Å². The van der Waals surface area contributed by atoms with E-state index in [4.69, 9.17) is 9.78 Å². The first-order valence-corrected chi connectivity index (χ1v) is 3.12. The topological polar surface area (TPSA) is 18.5 Å². The van der Waals surface area contributed by atoms with Crippen LogP contribution in [-0.4, -0.2) is 12.2 Å². The summed E-state index contributed by atoms with van der Waals surface area (Å²) in [5.41, 5.74) is 0. The highest BCUT2D eigenvalue weighted by Crippen LogP contribution is 2.17. The van der Waals surface area contributed by atoms with Crippen LogP contribution in [0.3, 0.4) is 0 Å². The average molecular weight is 124 g/mol. The average Bonchev–Trinajstić information content (AvgIpc) is 2.21. The fourth-order valence-corrected chi connectivity index (χ4v) is 0.994. The van der Waals surface area contributed by atoms with Crippen LogP contribution in [0.4, 0.5) is 0 Å². The third-order valence-electron chi connectivity index (χ3n) is 1.50. The molecule has 0 spiro atoms. The summed E-state index contributed by atoms with van der Waals surface area (Å²) in [5, 5.41) is 0. The molecular weight excluding hydrogens is 116 g/mol. The Morgan fingerprint density at radius 3 is 2.89 bits per heavy atom. The van der Waals surface area contributed by atoms with Gasteiger partial charge < -0.3 is 0 Å². The first kappa shape index (κ1) is 5.21. The summed E-state index contributed by atoms with van der Waals surface area (Å²) in [7, 11) is 0. The second-order valence-electron chi connectivity index (χ2n) is 2.24. The molecule has 2 heterocycles. The normalized spacial score (nSPS) is 39.1. The van der Waals surface area contributed by atoms with E-state index < -0.39 is 0 Å². The first-order chi connectivity index (χ1) is 4.45. The Labute approximate surface area is 53.7 Å². The fraction of sp³-hybridized carbons (Fsp3) is 0.429. The van der Waals surface area contributed by atoms with Crippen molar-refractivity contribution in [3.63, 3.8) is 0 Å². The van der Waals surface area contributed by atoms with Crippen molar-refractivity contribution in [2.45, 2.75) is 18.6 Å². The highest BCUT2D eigenvalue weighted by molar-refractivity contribution is 5.11. The van der Waals surface area contributed by atoms with Crippen molar-refractivity contribution in [1.82, 2.24) is 0 Å². The van der Waals surface area contributed by atoms with Crippen LogP contribution in [0.1, 0.15) is 6.42 Å². The quantitative estimate of drug-likeness (QED) is 0.357. The summed E-state index contributed by atoms with van der Waals surface area (Å²) in [6, 6.07) is 0. The molecule has 0 radical (unpaired) electrons. The molecule has 2 atom stereocenters. The summed E-state index contributed by atoms with van der Waals surface area (Å²) in [6.07, 6.45) is 9.29. The van der Waals surface area contributed by atoms with E-state index in [1.54, 1.807) is 0 Å². The lowest BCUT2D eigenvalue weighted by molar-refractivity contribution is -0.326. The van der Waals surface area contributed by atoms with E-state index in [0.29, 0.717) is 0 Å². The molecule has 0 unspecified atom stereocenters. The lowest BCUT2D eigenvalue weighted by Gasteiger charge is -2.15. The van der Waals surface area contributed by atoms with Crippen LogP contribution in [0.5, 0.6) is 0 Å². The molecule has 0 aromatic heterocycles. The molecule has 3 rings (SSSR count). The van der Waals surface area contributed by atoms with Crippen LogP contribution in [0.2, 0.25) is 0 Å². The highest BCUT2D eigenvalue weighted by atomic mass is 17.2. The standard InChI is InChI=1S/C7H8O2/c1-2-6-4-5-7(3-1)9-8-6/h1-2,4-7H,3H2/t6-,7+/m1/s1. The van der Waals surface area contributed by atoms with Gasteiger partial charge in [-0.25, -0.2) is 9.78 Å². The largest absolute Gasteiger partial charge is 0.228 e. The van der Waals surface area contributed by atoms with E-state index in [0.717, 1.165) is 6.42 Å². The number of fused-ring (bicyclic) bond motifs is 2. The SMILES string of the molecule is C1=C[C@@H]2C=C[C@H](C1)OO2. The van der Waals surface area contributed by atoms with Gasteiger partial charge in [0.05, 0.1) is 0 Å². The fourth-order valence-electron chi connectivity index (χ4n) is 0.994. The zero-order valence-corrected chi connectivity index (χ0v) is 4.99. The Balaban J connectivity index is 2.26. The molecule has 0 amide bonds. The van der Waals surface area contributed by atoms with Gasteiger partial charge in [0, 0.05) is 0 Å². The molecule has 48 valence electrons. The van der Waals surface area contributed by atoms with Crippen LogP contribution in [0.25, 0.3) is 0 Å². The molecule has 2 heteroatoms. The predicted octanol–water partition coefficient (Wildman–Crippen LogP) is 1.20. The Morgan fingerprint density at radius 1 is 1.11 bits per heavy atom. The third-order valence-corrected chi connectivity index (χ3v) is 1.50. The van der Waals surface area contributed by atoms with E-state index in [-0.39, 0.29) is 12.2 Å². The van der Waals surface area contributed by atoms with E-state index in [9.17, 15) is 0 Å². The zero-order chi connectivity index (χ0) is 6.10. The lowest BCUT2D eigenvalue weighted by Crippen LogP contribution is -2.17. The molecule has 0 N–H and O–H groups in total. The monoisotopic (exact) mass is 124 g/mol. The van der Waals surface area contributed by atoms with Crippen molar-refractivity contribution in [2.75, 3.05) is 0 Å². The minimum absolute atomic E-state index is 0.0590. The molecule has 3 aliphatic rings. The van der Waals surface area contributed by atoms with Crippen molar-refractivity contribution in [3.05, 3.63) is 24.3 Å². The second-order valence-corrected chi connectivity index (χ2v) is 2.24. The Hall–Kier alpha value is -0.600. The van der Waals surface area contributed by atoms with E-state index in [2.05, 4.69) is 6.08 Å². The van der Waals surface area contributed by atoms with Gasteiger partial charge in [0.2, 0.25) is 0 Å². The number of rotatable bonds is 0. The molecule has 0 aromatic carbocycles. The Bertz CT molecular complexity index is 160. The molecule has 0 aromatic rings. The van der Waals surface area contributed by atoms with Gasteiger partial charge in [-0.1, -0.05) is 24.3 Å². The van der Waals surface area contributed by atoms with E-state index in [1.165, 1.54) is 0 Å². The first-order valence-electron chi connectivity index (χ1n) is 3.12. The second kappa shape index (κ2) is 1.97. The maximum atomic E-state index is 4.95. The van der Waals surface area contributed by atoms with Crippen molar-refractivity contribution < 1.29 is 9.78 Å². The molecule has 1 aliphatic carbocycles. The van der Waals surface area contributed by atoms with Crippen molar-refractivity contribution >= 4 is 0 Å². The highest BCUT2D eigenvalue weighted by Gasteiger charge is 2.17. The van der Waals surface area contributed by atoms with Gasteiger partial charge in [0.1, 0.15) is 12.2 Å². The van der Waals surface area contributed by atoms with Crippen molar-refractivity contribution in [2.24, 2.45) is 0 Å². The Morgan fingerprint density at radius 2 is 2.11 bits per heavy atom. The van der Waals surface area contributed by atoms with Gasteiger partial charge in [-0.3, -0.25) is 0 Å². The number of hydrogen-bond acceptors (Lipinski definition) is 2. The molecule has 2 aliphatic heterocycles. The summed E-state index contributed by atoms with van der Waals surface area (Å²) >= 11 is 0. The lowest BCUT2D eigenvalue weighted by atomic mass is 10.2. The van der Waals surface area contributed by atoms with Gasteiger partial charge in [-0.05, 0) is 6.42 Å². The van der Waals surface area contributed by atoms with Crippen molar-refractivity contribution in [1.29, 1.82) is 0 Å². The maximum Gasteiger partial charge on any atom is 0.129 e. The van der Waals surface area contributed by atoms with Gasteiger partial charge in [0.25, 0.3) is 0 Å². The van der Waals surface area contributed by atoms with Crippen LogP contribution >= 0.6 is 0 Å². The predicted molar refractivity (Wildman–Crippen MR) is 32.6 cm³/mol. The smallest absolute Gasteiger partial charge is 0.129 e. The van der Waals surface area contributed by atoms with Crippen molar-refractivity contribution in [3.8, 4) is 0 Å². The molecular formula is C7H8O2. The summed E-state index contributed by atoms with van der Waals surface area (Å²) < 4.78 is 0. The zero-order valence-electron chi connectivity index (χ0n) is 4.99. The molecule has 9 heavy (non-hydrogen) atoms. The number of hydrogen-bond donors (Lipinski definition) is 0. The molecule has 0 fully saturated rings. The van der Waals surface area contributed by atoms with E-state index >= 15 is 0 Å². The minimum Gasteiger partial charge on any atom is -0.228 e. The van der Waals surface area contributed by atoms with Crippen LogP contribution in [0, 0.1) is 0 Å². The maximum absolute atomic E-state index is 4.95. The Kier molecular flexibility index (Phi) is 1.14. The molecule has 2 nitrogen and oxygen atoms in total. The van der Waals surface area contributed by atoms with Gasteiger partial charge >= 0.3 is 0 Å². The molecule has 0 saturated carbocycles. The van der Waals surface area contributed by atoms with Gasteiger partial charge in [-0.2, -0.15) is 0 Å². The summed E-state index contributed by atoms with van der Waals surface area (Å²) in [6.45, 7) is 0.